The van der Waals surface area contributed by atoms with Crippen molar-refractivity contribution in [3.05, 3.63) is 42.0 Å². The van der Waals surface area contributed by atoms with Gasteiger partial charge >= 0.3 is 0 Å². The summed E-state index contributed by atoms with van der Waals surface area (Å²) in [6, 6.07) is 9.88. The molecule has 1 aliphatic carbocycles. The summed E-state index contributed by atoms with van der Waals surface area (Å²) in [6.45, 7) is 4.20. The maximum absolute atomic E-state index is 11.7. The SMILES string of the molecule is CC1(C)C=C(c2ccccc2)C(=O)C1. The van der Waals surface area contributed by atoms with Crippen LogP contribution in [0.4, 0.5) is 0 Å². The van der Waals surface area contributed by atoms with E-state index in [-0.39, 0.29) is 11.2 Å². The maximum Gasteiger partial charge on any atom is 0.164 e. The van der Waals surface area contributed by atoms with E-state index < -0.39 is 0 Å². The average Bonchev–Trinajstić information content (AvgIpc) is 2.41. The van der Waals surface area contributed by atoms with E-state index in [0.717, 1.165) is 11.1 Å². The minimum absolute atomic E-state index is 0.0300. The lowest BCUT2D eigenvalue weighted by molar-refractivity contribution is -0.114. The molecule has 0 aliphatic heterocycles. The molecule has 0 amide bonds. The minimum atomic E-state index is 0.0300. The van der Waals surface area contributed by atoms with Gasteiger partial charge in [0.15, 0.2) is 5.78 Å². The van der Waals surface area contributed by atoms with Crippen molar-refractivity contribution in [2.75, 3.05) is 0 Å². The lowest BCUT2D eigenvalue weighted by Crippen LogP contribution is -2.05. The number of ketones is 1. The van der Waals surface area contributed by atoms with Crippen LogP contribution in [0.1, 0.15) is 25.8 Å². The summed E-state index contributed by atoms with van der Waals surface area (Å²) < 4.78 is 0. The maximum atomic E-state index is 11.7. The van der Waals surface area contributed by atoms with Gasteiger partial charge in [0.25, 0.3) is 0 Å². The second kappa shape index (κ2) is 3.09. The lowest BCUT2D eigenvalue weighted by Gasteiger charge is -2.10. The molecule has 0 fully saturated rings. The van der Waals surface area contributed by atoms with Gasteiger partial charge in [-0.3, -0.25) is 4.79 Å². The number of carbonyl (C=O) groups is 1. The summed E-state index contributed by atoms with van der Waals surface area (Å²) in [5, 5.41) is 0. The third-order valence-corrected chi connectivity index (χ3v) is 2.54. The Morgan fingerprint density at radius 2 is 1.79 bits per heavy atom. The monoisotopic (exact) mass is 186 g/mol. The number of Topliss-reactive ketones (excluding diaryl/α,β-unsaturated/α-hetero) is 1. The summed E-state index contributed by atoms with van der Waals surface area (Å²) in [5.41, 5.74) is 1.96. The predicted octanol–water partition coefficient (Wildman–Crippen LogP) is 3.07. The van der Waals surface area contributed by atoms with E-state index in [1.165, 1.54) is 0 Å². The number of rotatable bonds is 1. The molecular weight excluding hydrogens is 172 g/mol. The van der Waals surface area contributed by atoms with E-state index >= 15 is 0 Å². The highest BCUT2D eigenvalue weighted by atomic mass is 16.1. The van der Waals surface area contributed by atoms with E-state index in [9.17, 15) is 4.79 Å². The molecule has 0 radical (unpaired) electrons. The fourth-order valence-corrected chi connectivity index (χ4v) is 1.89. The molecule has 0 bridgehead atoms. The topological polar surface area (TPSA) is 17.1 Å². The van der Waals surface area contributed by atoms with Crippen LogP contribution in [0.5, 0.6) is 0 Å². The molecule has 0 unspecified atom stereocenters. The Morgan fingerprint density at radius 1 is 1.14 bits per heavy atom. The first-order chi connectivity index (χ1) is 6.58. The first-order valence-corrected chi connectivity index (χ1v) is 4.90. The fraction of sp³-hybridized carbons (Fsp3) is 0.308. The molecule has 1 aliphatic rings. The van der Waals surface area contributed by atoms with Gasteiger partial charge < -0.3 is 0 Å². The number of carbonyl (C=O) groups excluding carboxylic acids is 1. The highest BCUT2D eigenvalue weighted by Gasteiger charge is 2.30. The summed E-state index contributed by atoms with van der Waals surface area (Å²) in [7, 11) is 0. The molecule has 72 valence electrons. The van der Waals surface area contributed by atoms with Gasteiger partial charge in [0.05, 0.1) is 0 Å². The van der Waals surface area contributed by atoms with Crippen LogP contribution >= 0.6 is 0 Å². The van der Waals surface area contributed by atoms with Crippen LogP contribution in [-0.4, -0.2) is 5.78 Å². The molecule has 1 aromatic rings. The Hall–Kier alpha value is -1.37. The highest BCUT2D eigenvalue weighted by molar-refractivity contribution is 6.23. The second-order valence-electron chi connectivity index (χ2n) is 4.51. The predicted molar refractivity (Wildman–Crippen MR) is 57.8 cm³/mol. The molecule has 0 saturated carbocycles. The molecule has 0 heterocycles. The molecule has 14 heavy (non-hydrogen) atoms. The number of hydrogen-bond donors (Lipinski definition) is 0. The zero-order valence-electron chi connectivity index (χ0n) is 8.58. The van der Waals surface area contributed by atoms with Gasteiger partial charge in [-0.2, -0.15) is 0 Å². The van der Waals surface area contributed by atoms with Crippen molar-refractivity contribution in [2.45, 2.75) is 20.3 Å². The molecule has 2 rings (SSSR count). The first-order valence-electron chi connectivity index (χ1n) is 4.90. The van der Waals surface area contributed by atoms with Gasteiger partial charge in [0, 0.05) is 12.0 Å². The molecule has 0 saturated heterocycles. The lowest BCUT2D eigenvalue weighted by atomic mass is 9.93. The summed E-state index contributed by atoms with van der Waals surface area (Å²) >= 11 is 0. The van der Waals surface area contributed by atoms with Gasteiger partial charge in [-0.05, 0) is 11.0 Å². The van der Waals surface area contributed by atoms with Gasteiger partial charge in [-0.1, -0.05) is 50.3 Å². The number of benzene rings is 1. The zero-order chi connectivity index (χ0) is 10.2. The van der Waals surface area contributed by atoms with E-state index in [0.29, 0.717) is 6.42 Å². The van der Waals surface area contributed by atoms with Crippen molar-refractivity contribution in [1.82, 2.24) is 0 Å². The Kier molecular flexibility index (Phi) is 2.03. The van der Waals surface area contributed by atoms with Gasteiger partial charge in [-0.25, -0.2) is 0 Å². The van der Waals surface area contributed by atoms with Gasteiger partial charge in [0.1, 0.15) is 0 Å². The molecule has 1 heteroatoms. The van der Waals surface area contributed by atoms with Crippen LogP contribution in [0.2, 0.25) is 0 Å². The normalized spacial score (nSPS) is 19.6. The number of allylic oxidation sites excluding steroid dienone is 2. The van der Waals surface area contributed by atoms with Crippen molar-refractivity contribution in [3.8, 4) is 0 Å². The van der Waals surface area contributed by atoms with Crippen molar-refractivity contribution in [2.24, 2.45) is 5.41 Å². The third-order valence-electron chi connectivity index (χ3n) is 2.54. The van der Waals surface area contributed by atoms with E-state index in [2.05, 4.69) is 19.9 Å². The van der Waals surface area contributed by atoms with Crippen LogP contribution in [-0.2, 0) is 4.79 Å². The summed E-state index contributed by atoms with van der Waals surface area (Å²) in [6.07, 6.45) is 2.72. The van der Waals surface area contributed by atoms with Crippen molar-refractivity contribution in [1.29, 1.82) is 0 Å². The quantitative estimate of drug-likeness (QED) is 0.658. The smallest absolute Gasteiger partial charge is 0.164 e. The second-order valence-corrected chi connectivity index (χ2v) is 4.51. The zero-order valence-corrected chi connectivity index (χ0v) is 8.58. The standard InChI is InChI=1S/C13H14O/c1-13(2)8-11(12(14)9-13)10-6-4-3-5-7-10/h3-8H,9H2,1-2H3. The Labute approximate surface area is 84.5 Å². The van der Waals surface area contributed by atoms with Crippen molar-refractivity contribution in [3.63, 3.8) is 0 Å². The molecule has 0 atom stereocenters. The van der Waals surface area contributed by atoms with Crippen molar-refractivity contribution < 1.29 is 4.79 Å². The highest BCUT2D eigenvalue weighted by Crippen LogP contribution is 2.36. The van der Waals surface area contributed by atoms with Crippen LogP contribution in [0.25, 0.3) is 5.57 Å². The Balaban J connectivity index is 2.42. The third kappa shape index (κ3) is 1.63. The van der Waals surface area contributed by atoms with Crippen LogP contribution < -0.4 is 0 Å². The van der Waals surface area contributed by atoms with Crippen LogP contribution in [0.15, 0.2) is 36.4 Å². The van der Waals surface area contributed by atoms with E-state index in [4.69, 9.17) is 0 Å². The summed E-state index contributed by atoms with van der Waals surface area (Å²) in [4.78, 5) is 11.7. The largest absolute Gasteiger partial charge is 0.294 e. The van der Waals surface area contributed by atoms with Crippen LogP contribution in [0.3, 0.4) is 0 Å². The average molecular weight is 186 g/mol. The van der Waals surface area contributed by atoms with Gasteiger partial charge in [-0.15, -0.1) is 0 Å². The molecule has 0 aromatic heterocycles. The first kappa shape index (κ1) is 9.20. The Bertz CT molecular complexity index is 385. The molecule has 1 nitrogen and oxygen atoms in total. The summed E-state index contributed by atoms with van der Waals surface area (Å²) in [5.74, 6) is 0.265. The fourth-order valence-electron chi connectivity index (χ4n) is 1.89. The molecule has 0 spiro atoms. The van der Waals surface area contributed by atoms with Crippen molar-refractivity contribution >= 4 is 11.4 Å². The molecular formula is C13H14O. The van der Waals surface area contributed by atoms with Crippen LogP contribution in [0, 0.1) is 5.41 Å². The van der Waals surface area contributed by atoms with E-state index in [1.54, 1.807) is 0 Å². The molecule has 0 N–H and O–H groups in total. The number of hydrogen-bond acceptors (Lipinski definition) is 1. The minimum Gasteiger partial charge on any atom is -0.294 e. The Morgan fingerprint density at radius 3 is 2.29 bits per heavy atom. The molecule has 1 aromatic carbocycles. The van der Waals surface area contributed by atoms with E-state index in [1.807, 2.05) is 30.3 Å². The van der Waals surface area contributed by atoms with Gasteiger partial charge in [0.2, 0.25) is 0 Å².